The summed E-state index contributed by atoms with van der Waals surface area (Å²) in [5, 5.41) is 3.83. The number of benzene rings is 2. The van der Waals surface area contributed by atoms with Crippen LogP contribution in [0.4, 0.5) is 5.69 Å². The van der Waals surface area contributed by atoms with Gasteiger partial charge in [-0.05, 0) is 36.0 Å². The summed E-state index contributed by atoms with van der Waals surface area (Å²) in [6, 6.07) is 16.1. The smallest absolute Gasteiger partial charge is 0.139 e. The fourth-order valence-corrected chi connectivity index (χ4v) is 4.24. The molecule has 0 aliphatic carbocycles. The zero-order chi connectivity index (χ0) is 16.7. The van der Waals surface area contributed by atoms with Gasteiger partial charge in [0.1, 0.15) is 7.85 Å². The molecule has 2 aromatic carbocycles. The lowest BCUT2D eigenvalue weighted by atomic mass is 9.76. The molecule has 3 unspecified atom stereocenters. The van der Waals surface area contributed by atoms with Crippen LogP contribution in [0.15, 0.2) is 42.5 Å². The van der Waals surface area contributed by atoms with Gasteiger partial charge in [0.05, 0.1) is 12.1 Å². The first kappa shape index (κ1) is 15.8. The summed E-state index contributed by atoms with van der Waals surface area (Å²) in [5.74, 6) is 1.06. The maximum absolute atomic E-state index is 6.29. The van der Waals surface area contributed by atoms with Crippen LogP contribution in [0.3, 0.4) is 0 Å². The van der Waals surface area contributed by atoms with Gasteiger partial charge in [-0.15, -0.1) is 0 Å². The molecule has 4 rings (SSSR count). The number of fused-ring (bicyclic) bond motifs is 3. The topological polar surface area (TPSA) is 21.3 Å². The van der Waals surface area contributed by atoms with E-state index in [1.54, 1.807) is 0 Å². The van der Waals surface area contributed by atoms with Crippen molar-refractivity contribution in [1.29, 1.82) is 0 Å². The van der Waals surface area contributed by atoms with Crippen molar-refractivity contribution in [3.05, 3.63) is 59.2 Å². The van der Waals surface area contributed by atoms with E-state index >= 15 is 0 Å². The molecule has 1 fully saturated rings. The predicted molar refractivity (Wildman–Crippen MR) is 103 cm³/mol. The van der Waals surface area contributed by atoms with Gasteiger partial charge in [0.2, 0.25) is 0 Å². The number of ether oxygens (including phenoxy) is 1. The third-order valence-corrected chi connectivity index (χ3v) is 5.56. The van der Waals surface area contributed by atoms with Crippen LogP contribution < -0.4 is 10.8 Å². The van der Waals surface area contributed by atoms with E-state index in [4.69, 9.17) is 4.74 Å². The van der Waals surface area contributed by atoms with Gasteiger partial charge in [-0.1, -0.05) is 55.7 Å². The van der Waals surface area contributed by atoms with Gasteiger partial charge in [-0.2, -0.15) is 0 Å². The second kappa shape index (κ2) is 6.29. The minimum Gasteiger partial charge on any atom is -0.378 e. The SMILES string of the molecule is Bc1cccc(C2Nc3ccc(C(C)C)cc3C3OCCCC23)c1. The summed E-state index contributed by atoms with van der Waals surface area (Å²) in [4.78, 5) is 0. The predicted octanol–water partition coefficient (Wildman–Crippen LogP) is 3.70. The Balaban J connectivity index is 1.77. The molecule has 3 heteroatoms. The molecule has 0 amide bonds. The highest BCUT2D eigenvalue weighted by atomic mass is 16.5. The lowest BCUT2D eigenvalue weighted by Crippen LogP contribution is -2.36. The van der Waals surface area contributed by atoms with Gasteiger partial charge in [0.15, 0.2) is 0 Å². The first-order chi connectivity index (χ1) is 11.6. The minimum absolute atomic E-state index is 0.221. The fourth-order valence-electron chi connectivity index (χ4n) is 4.24. The lowest BCUT2D eigenvalue weighted by Gasteiger charge is -2.43. The van der Waals surface area contributed by atoms with Gasteiger partial charge < -0.3 is 10.1 Å². The van der Waals surface area contributed by atoms with Crippen molar-refractivity contribution < 1.29 is 4.74 Å². The van der Waals surface area contributed by atoms with E-state index in [0.29, 0.717) is 17.9 Å². The summed E-state index contributed by atoms with van der Waals surface area (Å²) in [5.41, 5.74) is 6.71. The molecule has 3 atom stereocenters. The molecule has 0 saturated carbocycles. The molecule has 2 aromatic rings. The van der Waals surface area contributed by atoms with E-state index in [2.05, 4.69) is 69.5 Å². The molecule has 1 saturated heterocycles. The fraction of sp³-hybridized carbons (Fsp3) is 0.429. The summed E-state index contributed by atoms with van der Waals surface area (Å²) in [6.07, 6.45) is 2.60. The molecule has 2 aliphatic rings. The van der Waals surface area contributed by atoms with E-state index in [-0.39, 0.29) is 6.10 Å². The Kier molecular flexibility index (Phi) is 4.13. The first-order valence-corrected chi connectivity index (χ1v) is 9.22. The van der Waals surface area contributed by atoms with E-state index in [1.165, 1.54) is 34.3 Å². The van der Waals surface area contributed by atoms with Crippen molar-refractivity contribution in [2.24, 2.45) is 5.92 Å². The van der Waals surface area contributed by atoms with Crippen LogP contribution in [0, 0.1) is 5.92 Å². The zero-order valence-electron chi connectivity index (χ0n) is 14.9. The number of anilines is 1. The van der Waals surface area contributed by atoms with Crippen LogP contribution in [-0.2, 0) is 4.74 Å². The maximum atomic E-state index is 6.29. The van der Waals surface area contributed by atoms with Gasteiger partial charge in [0, 0.05) is 23.8 Å². The molecule has 124 valence electrons. The quantitative estimate of drug-likeness (QED) is 0.852. The van der Waals surface area contributed by atoms with Crippen molar-refractivity contribution in [3.63, 3.8) is 0 Å². The summed E-state index contributed by atoms with van der Waals surface area (Å²) < 4.78 is 6.29. The first-order valence-electron chi connectivity index (χ1n) is 9.22. The molecule has 0 radical (unpaired) electrons. The highest BCUT2D eigenvalue weighted by Crippen LogP contribution is 2.49. The maximum Gasteiger partial charge on any atom is 0.139 e. The van der Waals surface area contributed by atoms with Gasteiger partial charge >= 0.3 is 0 Å². The Bertz CT molecular complexity index is 742. The molecule has 2 aliphatic heterocycles. The number of hydrogen-bond acceptors (Lipinski definition) is 2. The van der Waals surface area contributed by atoms with Crippen molar-refractivity contribution in [1.82, 2.24) is 0 Å². The second-order valence-corrected chi connectivity index (χ2v) is 7.64. The van der Waals surface area contributed by atoms with Crippen molar-refractivity contribution in [3.8, 4) is 0 Å². The Morgan fingerprint density at radius 3 is 2.83 bits per heavy atom. The molecule has 0 spiro atoms. The minimum atomic E-state index is 0.221. The Labute approximate surface area is 146 Å². The van der Waals surface area contributed by atoms with Crippen LogP contribution in [0.5, 0.6) is 0 Å². The molecular weight excluding hydrogens is 293 g/mol. The van der Waals surface area contributed by atoms with E-state index < -0.39 is 0 Å². The Hall–Kier alpha value is -1.74. The third-order valence-electron chi connectivity index (χ3n) is 5.56. The zero-order valence-corrected chi connectivity index (χ0v) is 14.9. The average Bonchev–Trinajstić information content (AvgIpc) is 2.60. The summed E-state index contributed by atoms with van der Waals surface area (Å²) in [7, 11) is 2.17. The monoisotopic (exact) mass is 319 g/mol. The molecule has 2 heterocycles. The molecule has 2 nitrogen and oxygen atoms in total. The molecule has 0 bridgehead atoms. The number of hydrogen-bond donors (Lipinski definition) is 1. The van der Waals surface area contributed by atoms with Crippen molar-refractivity contribution in [2.45, 2.75) is 44.8 Å². The number of nitrogens with one attached hydrogen (secondary N) is 1. The highest BCUT2D eigenvalue weighted by Gasteiger charge is 2.39. The van der Waals surface area contributed by atoms with Crippen LogP contribution in [0.1, 0.15) is 61.4 Å². The van der Waals surface area contributed by atoms with Gasteiger partial charge in [-0.25, -0.2) is 0 Å². The Morgan fingerprint density at radius 1 is 1.17 bits per heavy atom. The van der Waals surface area contributed by atoms with Gasteiger partial charge in [0.25, 0.3) is 0 Å². The third kappa shape index (κ3) is 2.75. The van der Waals surface area contributed by atoms with E-state index in [0.717, 1.165) is 13.0 Å². The summed E-state index contributed by atoms with van der Waals surface area (Å²) in [6.45, 7) is 5.40. The van der Waals surface area contributed by atoms with Gasteiger partial charge in [-0.3, -0.25) is 0 Å². The molecular formula is C21H26BNO. The van der Waals surface area contributed by atoms with Crippen molar-refractivity contribution in [2.75, 3.05) is 11.9 Å². The average molecular weight is 319 g/mol. The van der Waals surface area contributed by atoms with Crippen LogP contribution >= 0.6 is 0 Å². The van der Waals surface area contributed by atoms with E-state index in [9.17, 15) is 0 Å². The molecule has 1 N–H and O–H groups in total. The van der Waals surface area contributed by atoms with Crippen LogP contribution in [0.2, 0.25) is 0 Å². The normalized spacial score (nSPS) is 25.7. The van der Waals surface area contributed by atoms with Crippen molar-refractivity contribution >= 4 is 19.0 Å². The molecule has 24 heavy (non-hydrogen) atoms. The largest absolute Gasteiger partial charge is 0.378 e. The highest BCUT2D eigenvalue weighted by molar-refractivity contribution is 6.32. The van der Waals surface area contributed by atoms with Crippen LogP contribution in [-0.4, -0.2) is 14.5 Å². The number of rotatable bonds is 2. The lowest BCUT2D eigenvalue weighted by molar-refractivity contribution is -0.0381. The standard InChI is InChI=1S/C21H26BNO/c1-13(2)14-8-9-19-18(12-14)21-17(7-4-10-24-21)20(23-19)15-5-3-6-16(22)11-15/h3,5-6,8-9,11-13,17,20-21,23H,4,7,10,22H2,1-2H3. The van der Waals surface area contributed by atoms with Crippen LogP contribution in [0.25, 0.3) is 0 Å². The second-order valence-electron chi connectivity index (χ2n) is 7.64. The molecule has 0 aromatic heterocycles. The summed E-state index contributed by atoms with van der Waals surface area (Å²) >= 11 is 0. The van der Waals surface area contributed by atoms with E-state index in [1.807, 2.05) is 0 Å². The Morgan fingerprint density at radius 2 is 2.04 bits per heavy atom.